The molecule has 28 heavy (non-hydrogen) atoms. The lowest BCUT2D eigenvalue weighted by Gasteiger charge is -2.38. The van der Waals surface area contributed by atoms with Gasteiger partial charge < -0.3 is 14.8 Å². The smallest absolute Gasteiger partial charge is 0.231 e. The molecule has 1 N–H and O–H groups in total. The van der Waals surface area contributed by atoms with Crippen LogP contribution in [0.2, 0.25) is 0 Å². The maximum absolute atomic E-state index is 13.4. The summed E-state index contributed by atoms with van der Waals surface area (Å²) in [6.45, 7) is 4.91. The van der Waals surface area contributed by atoms with E-state index < -0.39 is 0 Å². The van der Waals surface area contributed by atoms with Gasteiger partial charge in [-0.2, -0.15) is 0 Å². The van der Waals surface area contributed by atoms with E-state index in [0.717, 1.165) is 51.9 Å². The molecule has 1 saturated carbocycles. The van der Waals surface area contributed by atoms with Crippen molar-refractivity contribution in [3.05, 3.63) is 46.4 Å². The van der Waals surface area contributed by atoms with Crippen molar-refractivity contribution >= 4 is 17.2 Å². The summed E-state index contributed by atoms with van der Waals surface area (Å²) < 4.78 is 2.19. The van der Waals surface area contributed by atoms with Gasteiger partial charge in [-0.1, -0.05) is 18.9 Å². The minimum atomic E-state index is -0.310. The van der Waals surface area contributed by atoms with Gasteiger partial charge in [-0.3, -0.25) is 9.69 Å². The summed E-state index contributed by atoms with van der Waals surface area (Å²) in [4.78, 5) is 19.6. The van der Waals surface area contributed by atoms with Crippen LogP contribution >= 0.6 is 11.3 Å². The summed E-state index contributed by atoms with van der Waals surface area (Å²) >= 11 is 1.73. The highest BCUT2D eigenvalue weighted by Gasteiger charge is 2.43. The number of likely N-dealkylation sites (N-methyl/N-ethyl adjacent to an activating group) is 1. The predicted octanol–water partition coefficient (Wildman–Crippen LogP) is 3.00. The first kappa shape index (κ1) is 19.7. The summed E-state index contributed by atoms with van der Waals surface area (Å²) in [7, 11) is 4.28. The van der Waals surface area contributed by atoms with Crippen LogP contribution in [0.5, 0.6) is 0 Å². The molecule has 1 amide bonds. The highest BCUT2D eigenvalue weighted by molar-refractivity contribution is 7.10. The molecule has 1 aliphatic heterocycles. The highest BCUT2D eigenvalue weighted by atomic mass is 32.1. The standard InChI is InChI=1S/C22H32N4OS/c1-24-12-14-26(15-13-24)19(18-7-5-11-25(18)2)17-23-21(27)22(9-3-4-10-22)20-8-6-16-28-20/h5-8,11,16,19H,3-4,9-10,12-15,17H2,1-2H3,(H,23,27). The van der Waals surface area contributed by atoms with Gasteiger partial charge in [0.15, 0.2) is 0 Å². The van der Waals surface area contributed by atoms with Crippen molar-refractivity contribution in [2.24, 2.45) is 7.05 Å². The lowest BCUT2D eigenvalue weighted by Crippen LogP contribution is -2.50. The van der Waals surface area contributed by atoms with Crippen molar-refractivity contribution in [2.75, 3.05) is 39.8 Å². The number of nitrogens with zero attached hydrogens (tertiary/aromatic N) is 3. The van der Waals surface area contributed by atoms with Crippen LogP contribution in [0.15, 0.2) is 35.8 Å². The molecular formula is C22H32N4OS. The van der Waals surface area contributed by atoms with Crippen LogP contribution in [0.25, 0.3) is 0 Å². The van der Waals surface area contributed by atoms with Crippen molar-refractivity contribution in [3.63, 3.8) is 0 Å². The van der Waals surface area contributed by atoms with Gasteiger partial charge in [0.2, 0.25) is 5.91 Å². The normalized spacial score (nSPS) is 21.6. The fourth-order valence-corrected chi connectivity index (χ4v) is 5.83. The summed E-state index contributed by atoms with van der Waals surface area (Å²) in [6.07, 6.45) is 6.34. The fraction of sp³-hybridized carbons (Fsp3) is 0.591. The van der Waals surface area contributed by atoms with Crippen LogP contribution in [0.4, 0.5) is 0 Å². The van der Waals surface area contributed by atoms with Gasteiger partial charge in [-0.05, 0) is 43.5 Å². The molecule has 0 radical (unpaired) electrons. The predicted molar refractivity (Wildman–Crippen MR) is 115 cm³/mol. The Morgan fingerprint density at radius 2 is 1.89 bits per heavy atom. The number of nitrogens with one attached hydrogen (secondary N) is 1. The molecule has 1 saturated heterocycles. The molecule has 152 valence electrons. The van der Waals surface area contributed by atoms with Gasteiger partial charge in [0.05, 0.1) is 11.5 Å². The molecule has 1 aliphatic carbocycles. The summed E-state index contributed by atoms with van der Waals surface area (Å²) in [6, 6.07) is 8.73. The van der Waals surface area contributed by atoms with Crippen LogP contribution < -0.4 is 5.32 Å². The van der Waals surface area contributed by atoms with Crippen LogP contribution in [0, 0.1) is 0 Å². The molecule has 2 aromatic heterocycles. The third-order valence-electron chi connectivity index (χ3n) is 6.64. The lowest BCUT2D eigenvalue weighted by molar-refractivity contribution is -0.126. The monoisotopic (exact) mass is 400 g/mol. The van der Waals surface area contributed by atoms with E-state index in [2.05, 4.69) is 69.6 Å². The molecule has 2 aliphatic rings. The Morgan fingerprint density at radius 3 is 2.50 bits per heavy atom. The van der Waals surface area contributed by atoms with Crippen molar-refractivity contribution < 1.29 is 4.79 Å². The zero-order valence-corrected chi connectivity index (χ0v) is 17.9. The molecule has 0 spiro atoms. The van der Waals surface area contributed by atoms with Crippen LogP contribution in [0.3, 0.4) is 0 Å². The second-order valence-corrected chi connectivity index (χ2v) is 9.32. The topological polar surface area (TPSA) is 40.5 Å². The maximum atomic E-state index is 13.4. The molecule has 3 heterocycles. The Kier molecular flexibility index (Phi) is 5.90. The van der Waals surface area contributed by atoms with Gasteiger partial charge >= 0.3 is 0 Å². The first-order valence-electron chi connectivity index (χ1n) is 10.5. The maximum Gasteiger partial charge on any atom is 0.231 e. The van der Waals surface area contributed by atoms with E-state index in [0.29, 0.717) is 6.54 Å². The Labute approximate surface area is 172 Å². The molecule has 0 aromatic carbocycles. The van der Waals surface area contributed by atoms with Gasteiger partial charge in [-0.15, -0.1) is 11.3 Å². The molecule has 6 heteroatoms. The van der Waals surface area contributed by atoms with Crippen molar-refractivity contribution in [1.29, 1.82) is 0 Å². The SMILES string of the molecule is CN1CCN(C(CNC(=O)C2(c3cccs3)CCCC2)c2cccn2C)CC1. The molecule has 4 rings (SSSR count). The number of hydrogen-bond acceptors (Lipinski definition) is 4. The molecule has 0 bridgehead atoms. The second kappa shape index (κ2) is 8.39. The van der Waals surface area contributed by atoms with Gasteiger partial charge in [0.25, 0.3) is 0 Å². The largest absolute Gasteiger partial charge is 0.353 e. The average Bonchev–Trinajstić information content (AvgIpc) is 3.45. The number of rotatable bonds is 6. The van der Waals surface area contributed by atoms with Crippen LogP contribution in [-0.4, -0.2) is 60.0 Å². The summed E-state index contributed by atoms with van der Waals surface area (Å²) in [5, 5.41) is 5.47. The molecular weight excluding hydrogens is 368 g/mol. The Hall–Kier alpha value is -1.63. The minimum absolute atomic E-state index is 0.222. The first-order valence-corrected chi connectivity index (χ1v) is 11.3. The average molecular weight is 401 g/mol. The third-order valence-corrected chi connectivity index (χ3v) is 7.72. The molecule has 2 aromatic rings. The Bertz CT molecular complexity index is 770. The minimum Gasteiger partial charge on any atom is -0.353 e. The number of carbonyl (C=O) groups is 1. The Balaban J connectivity index is 1.51. The van der Waals surface area contributed by atoms with Crippen LogP contribution in [0.1, 0.15) is 42.3 Å². The van der Waals surface area contributed by atoms with Crippen LogP contribution in [-0.2, 0) is 17.3 Å². The third kappa shape index (κ3) is 3.78. The Morgan fingerprint density at radius 1 is 1.14 bits per heavy atom. The van der Waals surface area contributed by atoms with E-state index in [1.165, 1.54) is 10.6 Å². The second-order valence-electron chi connectivity index (χ2n) is 8.38. The van der Waals surface area contributed by atoms with Crippen molar-refractivity contribution in [2.45, 2.75) is 37.1 Å². The number of thiophene rings is 1. The number of carbonyl (C=O) groups excluding carboxylic acids is 1. The van der Waals surface area contributed by atoms with E-state index in [1.807, 2.05) is 0 Å². The number of hydrogen-bond donors (Lipinski definition) is 1. The number of aryl methyl sites for hydroxylation is 1. The fourth-order valence-electron chi connectivity index (χ4n) is 4.85. The number of piperazine rings is 1. The van der Waals surface area contributed by atoms with Gasteiger partial charge in [0.1, 0.15) is 0 Å². The zero-order valence-electron chi connectivity index (χ0n) is 17.1. The highest BCUT2D eigenvalue weighted by Crippen LogP contribution is 2.43. The molecule has 1 atom stereocenters. The molecule has 5 nitrogen and oxygen atoms in total. The van der Waals surface area contributed by atoms with E-state index >= 15 is 0 Å². The van der Waals surface area contributed by atoms with E-state index in [-0.39, 0.29) is 17.4 Å². The van der Waals surface area contributed by atoms with E-state index in [1.54, 1.807) is 11.3 Å². The van der Waals surface area contributed by atoms with Gasteiger partial charge in [-0.25, -0.2) is 0 Å². The number of aromatic nitrogens is 1. The lowest BCUT2D eigenvalue weighted by atomic mass is 9.83. The van der Waals surface area contributed by atoms with Crippen molar-refractivity contribution in [1.82, 2.24) is 19.7 Å². The quantitative estimate of drug-likeness (QED) is 0.810. The summed E-state index contributed by atoms with van der Waals surface area (Å²) in [5.74, 6) is 0.223. The first-order chi connectivity index (χ1) is 13.6. The van der Waals surface area contributed by atoms with E-state index in [4.69, 9.17) is 0 Å². The summed E-state index contributed by atoms with van der Waals surface area (Å²) in [5.41, 5.74) is 0.969. The van der Waals surface area contributed by atoms with Crippen molar-refractivity contribution in [3.8, 4) is 0 Å². The van der Waals surface area contributed by atoms with E-state index in [9.17, 15) is 4.79 Å². The number of amides is 1. The van der Waals surface area contributed by atoms with Gasteiger partial charge in [0, 0.05) is 56.5 Å². The molecule has 2 fully saturated rings. The zero-order chi connectivity index (χ0) is 19.6. The molecule has 1 unspecified atom stereocenters.